The van der Waals surface area contributed by atoms with Gasteiger partial charge in [0.05, 0.1) is 27.4 Å². The van der Waals surface area contributed by atoms with E-state index in [0.717, 1.165) is 37.8 Å². The van der Waals surface area contributed by atoms with Crippen LogP contribution in [0.4, 0.5) is 0 Å². The predicted octanol–water partition coefficient (Wildman–Crippen LogP) is 1.58. The number of rotatable bonds is 4. The lowest BCUT2D eigenvalue weighted by Gasteiger charge is -2.46. The van der Waals surface area contributed by atoms with Crippen LogP contribution < -0.4 is 14.8 Å². The lowest BCUT2D eigenvalue weighted by atomic mass is 9.68. The van der Waals surface area contributed by atoms with Gasteiger partial charge in [0.1, 0.15) is 11.5 Å². The molecule has 1 aromatic carbocycles. The highest BCUT2D eigenvalue weighted by Crippen LogP contribution is 2.46. The molecule has 0 radical (unpaired) electrons. The van der Waals surface area contributed by atoms with Gasteiger partial charge >= 0.3 is 0 Å². The molecule has 1 atom stereocenters. The Bertz CT molecular complexity index is 451. The first-order valence-electron chi connectivity index (χ1n) is 6.81. The molecule has 0 saturated carbocycles. The van der Waals surface area contributed by atoms with Gasteiger partial charge in [-0.05, 0) is 31.5 Å². The third-order valence-electron chi connectivity index (χ3n) is 4.51. The Kier molecular flexibility index (Phi) is 3.37. The van der Waals surface area contributed by atoms with E-state index in [4.69, 9.17) is 14.2 Å². The molecular formula is C15H21NO3. The standard InChI is InChI=1S/C15H21NO3/c1-17-12-3-4-13(14(7-12)18-2)15(9-19-10-15)11-5-6-16-8-11/h3-4,7,11,16H,5-6,8-10H2,1-2H3. The van der Waals surface area contributed by atoms with Gasteiger partial charge in [-0.1, -0.05) is 6.07 Å². The van der Waals surface area contributed by atoms with Gasteiger partial charge in [0.15, 0.2) is 0 Å². The van der Waals surface area contributed by atoms with E-state index in [2.05, 4.69) is 11.4 Å². The SMILES string of the molecule is COc1ccc(C2(C3CCNC3)COC2)c(OC)c1. The minimum absolute atomic E-state index is 0.112. The molecule has 2 aliphatic rings. The molecule has 2 heterocycles. The molecule has 0 aromatic heterocycles. The maximum Gasteiger partial charge on any atom is 0.126 e. The summed E-state index contributed by atoms with van der Waals surface area (Å²) >= 11 is 0. The fourth-order valence-corrected chi connectivity index (χ4v) is 3.27. The maximum absolute atomic E-state index is 5.57. The molecule has 2 saturated heterocycles. The zero-order valence-electron chi connectivity index (χ0n) is 11.6. The molecule has 2 fully saturated rings. The molecule has 0 aliphatic carbocycles. The number of benzene rings is 1. The van der Waals surface area contributed by atoms with Gasteiger partial charge < -0.3 is 19.5 Å². The minimum atomic E-state index is 0.112. The van der Waals surface area contributed by atoms with E-state index in [1.54, 1.807) is 14.2 Å². The molecular weight excluding hydrogens is 242 g/mol. The Morgan fingerprint density at radius 1 is 1.26 bits per heavy atom. The van der Waals surface area contributed by atoms with Crippen molar-refractivity contribution in [2.45, 2.75) is 11.8 Å². The maximum atomic E-state index is 5.57. The Morgan fingerprint density at radius 3 is 2.63 bits per heavy atom. The Labute approximate surface area is 114 Å². The van der Waals surface area contributed by atoms with Crippen LogP contribution in [0.3, 0.4) is 0 Å². The van der Waals surface area contributed by atoms with E-state index < -0.39 is 0 Å². The van der Waals surface area contributed by atoms with Gasteiger partial charge in [0.25, 0.3) is 0 Å². The summed E-state index contributed by atoms with van der Waals surface area (Å²) in [5.41, 5.74) is 1.37. The molecule has 1 N–H and O–H groups in total. The number of hydrogen-bond acceptors (Lipinski definition) is 4. The van der Waals surface area contributed by atoms with Gasteiger partial charge in [-0.25, -0.2) is 0 Å². The number of nitrogens with one attached hydrogen (secondary N) is 1. The third-order valence-corrected chi connectivity index (χ3v) is 4.51. The van der Waals surface area contributed by atoms with Gasteiger partial charge in [0, 0.05) is 17.0 Å². The molecule has 1 aromatic rings. The van der Waals surface area contributed by atoms with Gasteiger partial charge in [-0.2, -0.15) is 0 Å². The first-order chi connectivity index (χ1) is 9.30. The molecule has 0 spiro atoms. The Hall–Kier alpha value is -1.26. The lowest BCUT2D eigenvalue weighted by molar-refractivity contribution is -0.0878. The predicted molar refractivity (Wildman–Crippen MR) is 73.0 cm³/mol. The van der Waals surface area contributed by atoms with Crippen LogP contribution in [0.25, 0.3) is 0 Å². The Morgan fingerprint density at radius 2 is 2.11 bits per heavy atom. The summed E-state index contributed by atoms with van der Waals surface area (Å²) in [5.74, 6) is 2.37. The highest BCUT2D eigenvalue weighted by atomic mass is 16.5. The second-order valence-electron chi connectivity index (χ2n) is 5.40. The molecule has 4 heteroatoms. The minimum Gasteiger partial charge on any atom is -0.497 e. The molecule has 0 amide bonds. The largest absolute Gasteiger partial charge is 0.497 e. The zero-order valence-corrected chi connectivity index (χ0v) is 11.6. The fraction of sp³-hybridized carbons (Fsp3) is 0.600. The number of methoxy groups -OCH3 is 2. The van der Waals surface area contributed by atoms with Crippen molar-refractivity contribution in [3.05, 3.63) is 23.8 Å². The monoisotopic (exact) mass is 263 g/mol. The summed E-state index contributed by atoms with van der Waals surface area (Å²) in [7, 11) is 3.40. The van der Waals surface area contributed by atoms with Crippen molar-refractivity contribution >= 4 is 0 Å². The van der Waals surface area contributed by atoms with Crippen molar-refractivity contribution in [1.82, 2.24) is 5.32 Å². The topological polar surface area (TPSA) is 39.7 Å². The highest BCUT2D eigenvalue weighted by Gasteiger charge is 2.49. The second-order valence-corrected chi connectivity index (χ2v) is 5.40. The Balaban J connectivity index is 1.98. The molecule has 104 valence electrons. The zero-order chi connectivity index (χ0) is 13.3. The van der Waals surface area contributed by atoms with Crippen molar-refractivity contribution in [2.75, 3.05) is 40.5 Å². The van der Waals surface area contributed by atoms with Crippen LogP contribution in [-0.2, 0) is 10.2 Å². The summed E-state index contributed by atoms with van der Waals surface area (Å²) in [5, 5.41) is 3.45. The second kappa shape index (κ2) is 5.02. The summed E-state index contributed by atoms with van der Waals surface area (Å²) in [4.78, 5) is 0. The van der Waals surface area contributed by atoms with Crippen LogP contribution in [0.1, 0.15) is 12.0 Å². The van der Waals surface area contributed by atoms with Crippen LogP contribution >= 0.6 is 0 Å². The van der Waals surface area contributed by atoms with E-state index >= 15 is 0 Å². The highest BCUT2D eigenvalue weighted by molar-refractivity contribution is 5.47. The molecule has 3 rings (SSSR count). The first-order valence-corrected chi connectivity index (χ1v) is 6.81. The van der Waals surface area contributed by atoms with E-state index in [9.17, 15) is 0 Å². The van der Waals surface area contributed by atoms with E-state index in [1.165, 1.54) is 12.0 Å². The smallest absolute Gasteiger partial charge is 0.126 e. The summed E-state index contributed by atoms with van der Waals surface area (Å²) in [6, 6.07) is 6.12. The summed E-state index contributed by atoms with van der Waals surface area (Å²) in [6.45, 7) is 3.76. The van der Waals surface area contributed by atoms with Crippen molar-refractivity contribution in [2.24, 2.45) is 5.92 Å². The van der Waals surface area contributed by atoms with Crippen LogP contribution in [-0.4, -0.2) is 40.5 Å². The summed E-state index contributed by atoms with van der Waals surface area (Å²) < 4.78 is 16.4. The van der Waals surface area contributed by atoms with Crippen LogP contribution in [0.5, 0.6) is 11.5 Å². The van der Waals surface area contributed by atoms with Crippen molar-refractivity contribution < 1.29 is 14.2 Å². The van der Waals surface area contributed by atoms with Crippen LogP contribution in [0.2, 0.25) is 0 Å². The average molecular weight is 263 g/mol. The lowest BCUT2D eigenvalue weighted by Crippen LogP contribution is -2.53. The quantitative estimate of drug-likeness (QED) is 0.895. The van der Waals surface area contributed by atoms with Crippen LogP contribution in [0.15, 0.2) is 18.2 Å². The molecule has 2 aliphatic heterocycles. The van der Waals surface area contributed by atoms with Crippen molar-refractivity contribution in [3.8, 4) is 11.5 Å². The molecule has 1 unspecified atom stereocenters. The summed E-state index contributed by atoms with van der Waals surface area (Å²) in [6.07, 6.45) is 1.21. The van der Waals surface area contributed by atoms with Gasteiger partial charge in [-0.3, -0.25) is 0 Å². The van der Waals surface area contributed by atoms with Gasteiger partial charge in [0.2, 0.25) is 0 Å². The molecule has 19 heavy (non-hydrogen) atoms. The van der Waals surface area contributed by atoms with E-state index in [0.29, 0.717) is 5.92 Å². The van der Waals surface area contributed by atoms with Crippen LogP contribution in [0, 0.1) is 5.92 Å². The number of ether oxygens (including phenoxy) is 3. The van der Waals surface area contributed by atoms with Crippen molar-refractivity contribution in [1.29, 1.82) is 0 Å². The fourth-order valence-electron chi connectivity index (χ4n) is 3.27. The molecule has 0 bridgehead atoms. The van der Waals surface area contributed by atoms with E-state index in [1.807, 2.05) is 12.1 Å². The van der Waals surface area contributed by atoms with Crippen molar-refractivity contribution in [3.63, 3.8) is 0 Å². The molecule has 4 nitrogen and oxygen atoms in total. The third kappa shape index (κ3) is 1.99. The average Bonchev–Trinajstić information content (AvgIpc) is 2.92. The first kappa shape index (κ1) is 12.8. The van der Waals surface area contributed by atoms with Gasteiger partial charge in [-0.15, -0.1) is 0 Å². The van der Waals surface area contributed by atoms with E-state index in [-0.39, 0.29) is 5.41 Å². The number of hydrogen-bond donors (Lipinski definition) is 1. The normalized spacial score (nSPS) is 24.8.